The average molecular weight is 409 g/mol. The van der Waals surface area contributed by atoms with Gasteiger partial charge in [0.1, 0.15) is 5.75 Å². The van der Waals surface area contributed by atoms with E-state index in [2.05, 4.69) is 10.2 Å². The topological polar surface area (TPSA) is 86.9 Å². The van der Waals surface area contributed by atoms with E-state index < -0.39 is 0 Å². The van der Waals surface area contributed by atoms with Gasteiger partial charge in [0.15, 0.2) is 11.5 Å². The van der Waals surface area contributed by atoms with E-state index in [1.165, 1.54) is 0 Å². The third kappa shape index (κ3) is 3.80. The lowest BCUT2D eigenvalue weighted by molar-refractivity contribution is 0.0789. The van der Waals surface area contributed by atoms with Crippen LogP contribution in [0.3, 0.4) is 0 Å². The first-order valence-electron chi connectivity index (χ1n) is 9.62. The molecule has 1 amide bonds. The first kappa shape index (κ1) is 19.8. The lowest BCUT2D eigenvalue weighted by atomic mass is 10.1. The van der Waals surface area contributed by atoms with Gasteiger partial charge in [-0.25, -0.2) is 0 Å². The first-order chi connectivity index (χ1) is 14.6. The minimum absolute atomic E-state index is 0.00796. The van der Waals surface area contributed by atoms with Crippen molar-refractivity contribution >= 4 is 5.91 Å². The van der Waals surface area contributed by atoms with Crippen molar-refractivity contribution in [1.29, 1.82) is 0 Å². The van der Waals surface area contributed by atoms with Gasteiger partial charge in [0.25, 0.3) is 5.91 Å². The number of carbonyl (C=O) groups is 1. The van der Waals surface area contributed by atoms with Crippen molar-refractivity contribution in [2.24, 2.45) is 0 Å². The number of amides is 1. The molecule has 2 heterocycles. The summed E-state index contributed by atoms with van der Waals surface area (Å²) in [6.07, 6.45) is 0.767. The molecule has 1 aliphatic heterocycles. The Labute approximate surface area is 174 Å². The Bertz CT molecular complexity index is 1030. The first-order valence-corrected chi connectivity index (χ1v) is 9.62. The summed E-state index contributed by atoms with van der Waals surface area (Å²) in [6.45, 7) is 1.15. The molecule has 0 aliphatic carbocycles. The van der Waals surface area contributed by atoms with E-state index in [4.69, 9.17) is 18.6 Å². The predicted molar refractivity (Wildman–Crippen MR) is 109 cm³/mol. The number of carbonyl (C=O) groups excluding carboxylic acids is 1. The number of ether oxygens (including phenoxy) is 3. The van der Waals surface area contributed by atoms with Crippen LogP contribution in [0, 0.1) is 0 Å². The number of nitrogens with zero attached hydrogens (tertiary/aromatic N) is 3. The van der Waals surface area contributed by atoms with Gasteiger partial charge in [0, 0.05) is 24.2 Å². The lowest BCUT2D eigenvalue weighted by Crippen LogP contribution is -2.28. The average Bonchev–Trinajstić information content (AvgIpc) is 3.48. The molecule has 0 spiro atoms. The maximum Gasteiger partial charge on any atom is 0.254 e. The summed E-state index contributed by atoms with van der Waals surface area (Å²) in [5.41, 5.74) is 1.38. The fourth-order valence-electron chi connectivity index (χ4n) is 3.55. The minimum Gasteiger partial charge on any atom is -0.497 e. The summed E-state index contributed by atoms with van der Waals surface area (Å²) in [6, 6.07) is 12.6. The van der Waals surface area contributed by atoms with Crippen LogP contribution in [0.25, 0.3) is 11.5 Å². The number of rotatable bonds is 6. The zero-order valence-electron chi connectivity index (χ0n) is 17.1. The summed E-state index contributed by atoms with van der Waals surface area (Å²) < 4.78 is 21.6. The number of hydrogen-bond acceptors (Lipinski definition) is 7. The third-order valence-corrected chi connectivity index (χ3v) is 5.23. The number of hydrogen-bond donors (Lipinski definition) is 0. The second kappa shape index (κ2) is 8.44. The van der Waals surface area contributed by atoms with Crippen molar-refractivity contribution < 1.29 is 23.4 Å². The molecule has 8 nitrogen and oxygen atoms in total. The molecule has 3 aromatic rings. The highest BCUT2D eigenvalue weighted by atomic mass is 16.5. The van der Waals surface area contributed by atoms with Crippen LogP contribution >= 0.6 is 0 Å². The normalized spacial score (nSPS) is 15.8. The number of likely N-dealkylation sites (tertiary alicyclic amines) is 1. The van der Waals surface area contributed by atoms with Crippen LogP contribution in [0.4, 0.5) is 0 Å². The van der Waals surface area contributed by atoms with Gasteiger partial charge in [-0.15, -0.1) is 10.2 Å². The summed E-state index contributed by atoms with van der Waals surface area (Å²) in [4.78, 5) is 14.7. The summed E-state index contributed by atoms with van der Waals surface area (Å²) in [5.74, 6) is 2.83. The molecule has 4 rings (SSSR count). The molecule has 0 unspecified atom stereocenters. The highest BCUT2D eigenvalue weighted by Gasteiger charge is 2.32. The molecule has 0 bridgehead atoms. The van der Waals surface area contributed by atoms with E-state index in [9.17, 15) is 4.79 Å². The highest BCUT2D eigenvalue weighted by molar-refractivity contribution is 5.95. The van der Waals surface area contributed by atoms with Crippen molar-refractivity contribution in [3.63, 3.8) is 0 Å². The zero-order valence-corrected chi connectivity index (χ0v) is 17.1. The Kier molecular flexibility index (Phi) is 5.56. The zero-order chi connectivity index (χ0) is 21.1. The van der Waals surface area contributed by atoms with E-state index in [1.807, 2.05) is 24.3 Å². The van der Waals surface area contributed by atoms with E-state index in [1.54, 1.807) is 44.4 Å². The molecule has 8 heteroatoms. The van der Waals surface area contributed by atoms with Gasteiger partial charge in [-0.2, -0.15) is 0 Å². The molecule has 1 aromatic heterocycles. The Morgan fingerprint density at radius 2 is 1.77 bits per heavy atom. The van der Waals surface area contributed by atoms with E-state index >= 15 is 0 Å². The van der Waals surface area contributed by atoms with Crippen molar-refractivity contribution in [2.45, 2.75) is 12.3 Å². The van der Waals surface area contributed by atoms with Crippen LogP contribution in [0.1, 0.15) is 28.6 Å². The molecular weight excluding hydrogens is 386 g/mol. The smallest absolute Gasteiger partial charge is 0.254 e. The van der Waals surface area contributed by atoms with E-state index in [-0.39, 0.29) is 11.8 Å². The van der Waals surface area contributed by atoms with Gasteiger partial charge in [-0.05, 0) is 48.9 Å². The van der Waals surface area contributed by atoms with Crippen molar-refractivity contribution in [1.82, 2.24) is 15.1 Å². The SMILES string of the molecule is COc1ccc(-c2nnc([C@H]3CCN(C(=O)c4ccc(OC)c(OC)c4)C3)o2)cc1. The standard InChI is InChI=1S/C22H23N3O5/c1-27-17-7-4-14(5-8-17)20-23-24-21(30-20)16-10-11-25(13-16)22(26)15-6-9-18(28-2)19(12-15)29-3/h4-9,12,16H,10-11,13H2,1-3H3/t16-/m0/s1. The minimum atomic E-state index is -0.0617. The van der Waals surface area contributed by atoms with Gasteiger partial charge >= 0.3 is 0 Å². The molecule has 0 saturated carbocycles. The van der Waals surface area contributed by atoms with Crippen molar-refractivity contribution in [3.8, 4) is 28.7 Å². The van der Waals surface area contributed by atoms with Gasteiger partial charge < -0.3 is 23.5 Å². The maximum absolute atomic E-state index is 12.9. The molecule has 0 radical (unpaired) electrons. The predicted octanol–water partition coefficient (Wildman–Crippen LogP) is 3.39. The Balaban J connectivity index is 1.45. The lowest BCUT2D eigenvalue weighted by Gasteiger charge is -2.17. The van der Waals surface area contributed by atoms with E-state index in [0.29, 0.717) is 41.9 Å². The second-order valence-corrected chi connectivity index (χ2v) is 6.98. The largest absolute Gasteiger partial charge is 0.497 e. The van der Waals surface area contributed by atoms with Crippen LogP contribution in [-0.4, -0.2) is 55.4 Å². The van der Waals surface area contributed by atoms with Gasteiger partial charge in [0.2, 0.25) is 11.8 Å². The summed E-state index contributed by atoms with van der Waals surface area (Å²) >= 11 is 0. The molecule has 156 valence electrons. The van der Waals surface area contributed by atoms with Gasteiger partial charge in [-0.1, -0.05) is 0 Å². The van der Waals surface area contributed by atoms with Crippen molar-refractivity contribution in [3.05, 3.63) is 53.9 Å². The highest BCUT2D eigenvalue weighted by Crippen LogP contribution is 2.32. The molecular formula is C22H23N3O5. The van der Waals surface area contributed by atoms with Crippen LogP contribution in [0.5, 0.6) is 17.2 Å². The van der Waals surface area contributed by atoms with Crippen LogP contribution in [0.15, 0.2) is 46.9 Å². The van der Waals surface area contributed by atoms with Crippen LogP contribution < -0.4 is 14.2 Å². The number of benzene rings is 2. The van der Waals surface area contributed by atoms with Crippen LogP contribution in [0.2, 0.25) is 0 Å². The monoisotopic (exact) mass is 409 g/mol. The second-order valence-electron chi connectivity index (χ2n) is 6.98. The summed E-state index contributed by atoms with van der Waals surface area (Å²) in [7, 11) is 4.73. The Hall–Kier alpha value is -3.55. The molecule has 1 atom stereocenters. The van der Waals surface area contributed by atoms with Crippen molar-refractivity contribution in [2.75, 3.05) is 34.4 Å². The molecule has 1 aliphatic rings. The van der Waals surface area contributed by atoms with Gasteiger partial charge in [0.05, 0.1) is 27.2 Å². The van der Waals surface area contributed by atoms with E-state index in [0.717, 1.165) is 17.7 Å². The molecule has 0 N–H and O–H groups in total. The molecule has 1 fully saturated rings. The number of aromatic nitrogens is 2. The number of methoxy groups -OCH3 is 3. The van der Waals surface area contributed by atoms with Gasteiger partial charge in [-0.3, -0.25) is 4.79 Å². The summed E-state index contributed by atoms with van der Waals surface area (Å²) in [5, 5.41) is 8.38. The Morgan fingerprint density at radius 1 is 1.00 bits per heavy atom. The van der Waals surface area contributed by atoms with Crippen LogP contribution in [-0.2, 0) is 0 Å². The fourth-order valence-corrected chi connectivity index (χ4v) is 3.55. The molecule has 1 saturated heterocycles. The quantitative estimate of drug-likeness (QED) is 0.617. The Morgan fingerprint density at radius 3 is 2.47 bits per heavy atom. The molecule has 30 heavy (non-hydrogen) atoms. The molecule has 2 aromatic carbocycles. The fraction of sp³-hybridized carbons (Fsp3) is 0.318. The maximum atomic E-state index is 12.9. The third-order valence-electron chi connectivity index (χ3n) is 5.23.